The number of hydrogen-bond acceptors (Lipinski definition) is 7. The first-order valence-electron chi connectivity index (χ1n) is 8.71. The Balaban J connectivity index is 2.01. The van der Waals surface area contributed by atoms with Crippen LogP contribution < -0.4 is 4.74 Å². The third-order valence-corrected chi connectivity index (χ3v) is 4.82. The SMILES string of the molecule is COc1c([C@H]2C[C@@H](N=[N+]=[N-])[C@H](OC(C)=O)[C@@H](C)O2)ccc2c1C(=O)C=CC2=O. The molecule has 0 aromatic heterocycles. The van der Waals surface area contributed by atoms with Crippen molar-refractivity contribution in [1.82, 2.24) is 0 Å². The molecular formula is C19H19N3O6. The molecule has 0 radical (unpaired) electrons. The van der Waals surface area contributed by atoms with Crippen molar-refractivity contribution in [3.05, 3.63) is 51.4 Å². The van der Waals surface area contributed by atoms with Gasteiger partial charge in [0.25, 0.3) is 0 Å². The second-order valence-corrected chi connectivity index (χ2v) is 6.58. The summed E-state index contributed by atoms with van der Waals surface area (Å²) in [5.74, 6) is -0.858. The standard InChI is InChI=1S/C19H19N3O6/c1-9-18(28-10(2)23)13(21-22-20)8-16(27-9)12-5-4-11-14(24)6-7-15(25)17(11)19(12)26-3/h4-7,9,13,16,18H,8H2,1-3H3/t9-,13-,16-,18-/m1/s1. The molecule has 0 unspecified atom stereocenters. The average molecular weight is 385 g/mol. The zero-order valence-electron chi connectivity index (χ0n) is 15.6. The van der Waals surface area contributed by atoms with Crippen molar-refractivity contribution in [1.29, 1.82) is 0 Å². The minimum Gasteiger partial charge on any atom is -0.496 e. The van der Waals surface area contributed by atoms with Gasteiger partial charge in [0.15, 0.2) is 11.6 Å². The van der Waals surface area contributed by atoms with Gasteiger partial charge in [-0.2, -0.15) is 0 Å². The van der Waals surface area contributed by atoms with Gasteiger partial charge in [-0.25, -0.2) is 0 Å². The molecule has 0 saturated carbocycles. The van der Waals surface area contributed by atoms with Crippen molar-refractivity contribution in [2.75, 3.05) is 7.11 Å². The van der Waals surface area contributed by atoms with Crippen LogP contribution >= 0.6 is 0 Å². The van der Waals surface area contributed by atoms with Crippen molar-refractivity contribution < 1.29 is 28.6 Å². The second kappa shape index (κ2) is 7.84. The van der Waals surface area contributed by atoms with Crippen LogP contribution in [0.15, 0.2) is 29.4 Å². The molecule has 9 heteroatoms. The first kappa shape index (κ1) is 19.6. The van der Waals surface area contributed by atoms with Gasteiger partial charge in [-0.05, 0) is 37.1 Å². The summed E-state index contributed by atoms with van der Waals surface area (Å²) in [7, 11) is 1.41. The number of fused-ring (bicyclic) bond motifs is 1. The molecule has 28 heavy (non-hydrogen) atoms. The highest BCUT2D eigenvalue weighted by Crippen LogP contribution is 2.41. The fourth-order valence-electron chi connectivity index (χ4n) is 3.65. The lowest BCUT2D eigenvalue weighted by molar-refractivity contribution is -0.171. The Morgan fingerprint density at radius 3 is 2.64 bits per heavy atom. The van der Waals surface area contributed by atoms with Crippen LogP contribution in [0.3, 0.4) is 0 Å². The monoisotopic (exact) mass is 385 g/mol. The predicted molar refractivity (Wildman–Crippen MR) is 97.2 cm³/mol. The number of hydrogen-bond donors (Lipinski definition) is 0. The van der Waals surface area contributed by atoms with Gasteiger partial charge in [0, 0.05) is 23.0 Å². The number of azide groups is 1. The summed E-state index contributed by atoms with van der Waals surface area (Å²) in [5.41, 5.74) is 9.91. The van der Waals surface area contributed by atoms with E-state index >= 15 is 0 Å². The third kappa shape index (κ3) is 3.49. The van der Waals surface area contributed by atoms with E-state index in [2.05, 4.69) is 10.0 Å². The van der Waals surface area contributed by atoms with Crippen LogP contribution in [0, 0.1) is 0 Å². The van der Waals surface area contributed by atoms with Gasteiger partial charge in [-0.15, -0.1) is 0 Å². The topological polar surface area (TPSA) is 128 Å². The van der Waals surface area contributed by atoms with Crippen LogP contribution in [-0.2, 0) is 14.3 Å². The molecular weight excluding hydrogens is 366 g/mol. The maximum Gasteiger partial charge on any atom is 0.303 e. The van der Waals surface area contributed by atoms with Crippen molar-refractivity contribution >= 4 is 17.5 Å². The smallest absolute Gasteiger partial charge is 0.303 e. The zero-order valence-corrected chi connectivity index (χ0v) is 15.6. The molecule has 2 aliphatic rings. The molecule has 0 amide bonds. The van der Waals surface area contributed by atoms with Crippen molar-refractivity contribution in [2.45, 2.75) is 44.6 Å². The lowest BCUT2D eigenvalue weighted by Crippen LogP contribution is -2.45. The number of carbonyl (C=O) groups excluding carboxylic acids is 3. The number of nitrogens with zero attached hydrogens (tertiary/aromatic N) is 3. The molecule has 1 aromatic rings. The van der Waals surface area contributed by atoms with Gasteiger partial charge in [0.1, 0.15) is 11.9 Å². The number of carbonyl (C=O) groups is 3. The number of methoxy groups -OCH3 is 1. The molecule has 1 heterocycles. The molecule has 1 saturated heterocycles. The highest BCUT2D eigenvalue weighted by Gasteiger charge is 2.40. The van der Waals surface area contributed by atoms with Crippen molar-refractivity contribution in [2.24, 2.45) is 5.11 Å². The summed E-state index contributed by atoms with van der Waals surface area (Å²) in [6, 6.07) is 2.57. The maximum atomic E-state index is 12.4. The van der Waals surface area contributed by atoms with E-state index in [1.807, 2.05) is 0 Å². The van der Waals surface area contributed by atoms with E-state index in [0.29, 0.717) is 5.56 Å². The van der Waals surface area contributed by atoms with Crippen molar-refractivity contribution in [3.8, 4) is 5.75 Å². The maximum absolute atomic E-state index is 12.4. The highest BCUT2D eigenvalue weighted by atomic mass is 16.6. The van der Waals surface area contributed by atoms with Gasteiger partial charge < -0.3 is 14.2 Å². The Labute approximate surface area is 160 Å². The summed E-state index contributed by atoms with van der Waals surface area (Å²) in [6.07, 6.45) is 0.798. The fourth-order valence-corrected chi connectivity index (χ4v) is 3.65. The molecule has 1 fully saturated rings. The quantitative estimate of drug-likeness (QED) is 0.339. The van der Waals surface area contributed by atoms with Crippen LogP contribution in [0.25, 0.3) is 10.4 Å². The minimum atomic E-state index is -0.723. The number of ether oxygens (including phenoxy) is 3. The van der Waals surface area contributed by atoms with Crippen LogP contribution in [0.1, 0.15) is 52.7 Å². The Hall–Kier alpha value is -3.16. The number of esters is 1. The number of rotatable bonds is 4. The lowest BCUT2D eigenvalue weighted by atomic mass is 9.87. The minimum absolute atomic E-state index is 0.186. The van der Waals surface area contributed by atoms with E-state index in [-0.39, 0.29) is 34.9 Å². The first-order chi connectivity index (χ1) is 13.4. The third-order valence-electron chi connectivity index (χ3n) is 4.82. The predicted octanol–water partition coefficient (Wildman–Crippen LogP) is 3.09. The van der Waals surface area contributed by atoms with E-state index in [0.717, 1.165) is 0 Å². The molecule has 9 nitrogen and oxygen atoms in total. The zero-order chi connectivity index (χ0) is 20.4. The molecule has 1 aliphatic heterocycles. The second-order valence-electron chi connectivity index (χ2n) is 6.58. The summed E-state index contributed by atoms with van der Waals surface area (Å²) in [6.45, 7) is 2.98. The van der Waals surface area contributed by atoms with Crippen LogP contribution in [0.5, 0.6) is 5.75 Å². The molecule has 3 rings (SSSR count). The van der Waals surface area contributed by atoms with Gasteiger partial charge >= 0.3 is 5.97 Å². The van der Waals surface area contributed by atoms with Gasteiger partial charge in [0.2, 0.25) is 0 Å². The van der Waals surface area contributed by atoms with Gasteiger partial charge in [-0.1, -0.05) is 11.2 Å². The normalized spacial score (nSPS) is 26.2. The Bertz CT molecular complexity index is 918. The first-order valence-corrected chi connectivity index (χ1v) is 8.71. The summed E-state index contributed by atoms with van der Waals surface area (Å²) < 4.78 is 16.7. The highest BCUT2D eigenvalue weighted by molar-refractivity contribution is 6.23. The van der Waals surface area contributed by atoms with Crippen LogP contribution in [0.4, 0.5) is 0 Å². The average Bonchev–Trinajstić information content (AvgIpc) is 2.66. The number of allylic oxidation sites excluding steroid dienone is 2. The van der Waals surface area contributed by atoms with Crippen LogP contribution in [0.2, 0.25) is 0 Å². The molecule has 0 bridgehead atoms. The van der Waals surface area contributed by atoms with E-state index in [4.69, 9.17) is 19.7 Å². The van der Waals surface area contributed by atoms with E-state index in [9.17, 15) is 14.4 Å². The Morgan fingerprint density at radius 1 is 1.29 bits per heavy atom. The van der Waals surface area contributed by atoms with E-state index in [1.54, 1.807) is 19.1 Å². The van der Waals surface area contributed by atoms with E-state index < -0.39 is 30.3 Å². The molecule has 0 spiro atoms. The Kier molecular flexibility index (Phi) is 5.48. The summed E-state index contributed by atoms with van der Waals surface area (Å²) >= 11 is 0. The number of ketones is 2. The number of benzene rings is 1. The molecule has 0 N–H and O–H groups in total. The molecule has 1 aromatic carbocycles. The summed E-state index contributed by atoms with van der Waals surface area (Å²) in [5, 5.41) is 3.76. The lowest BCUT2D eigenvalue weighted by Gasteiger charge is -2.38. The molecule has 4 atom stereocenters. The fraction of sp³-hybridized carbons (Fsp3) is 0.421. The van der Waals surface area contributed by atoms with Crippen molar-refractivity contribution in [3.63, 3.8) is 0 Å². The van der Waals surface area contributed by atoms with Gasteiger partial charge in [-0.3, -0.25) is 14.4 Å². The Morgan fingerprint density at radius 2 is 2.00 bits per heavy atom. The van der Waals surface area contributed by atoms with Gasteiger partial charge in [0.05, 0.1) is 30.9 Å². The largest absolute Gasteiger partial charge is 0.496 e. The van der Waals surface area contributed by atoms with Crippen LogP contribution in [-0.4, -0.2) is 42.9 Å². The summed E-state index contributed by atoms with van der Waals surface area (Å²) in [4.78, 5) is 38.7. The molecule has 146 valence electrons. The van der Waals surface area contributed by atoms with E-state index in [1.165, 1.54) is 26.2 Å². The molecule has 1 aliphatic carbocycles.